The van der Waals surface area contributed by atoms with Gasteiger partial charge in [-0.05, 0) is 47.2 Å². The molecule has 2 heterocycles. The van der Waals surface area contributed by atoms with Gasteiger partial charge in [0.2, 0.25) is 0 Å². The zero-order valence-electron chi connectivity index (χ0n) is 12.9. The molecule has 1 atom stereocenters. The van der Waals surface area contributed by atoms with Crippen LogP contribution in [0.25, 0.3) is 0 Å². The van der Waals surface area contributed by atoms with Crippen LogP contribution in [0.2, 0.25) is 0 Å². The van der Waals surface area contributed by atoms with Gasteiger partial charge in [-0.25, -0.2) is 12.8 Å². The topological polar surface area (TPSA) is 63.2 Å². The molecule has 0 bridgehead atoms. The number of halogens is 1. The van der Waals surface area contributed by atoms with Crippen molar-refractivity contribution in [2.24, 2.45) is 0 Å². The normalized spacial score (nSPS) is 12.7. The summed E-state index contributed by atoms with van der Waals surface area (Å²) in [4.78, 5) is 13.3. The van der Waals surface area contributed by atoms with Crippen LogP contribution in [0.3, 0.4) is 0 Å². The third-order valence-corrected chi connectivity index (χ3v) is 7.67. The second kappa shape index (κ2) is 7.47. The molecular formula is C17H14FNO3S3. The highest BCUT2D eigenvalue weighted by molar-refractivity contribution is 7.91. The van der Waals surface area contributed by atoms with Gasteiger partial charge in [0.1, 0.15) is 11.1 Å². The molecule has 3 rings (SSSR count). The first-order valence-corrected chi connectivity index (χ1v) is 10.6. The fraction of sp³-hybridized carbons (Fsp3) is 0.118. The predicted molar refractivity (Wildman–Crippen MR) is 97.3 cm³/mol. The monoisotopic (exact) mass is 395 g/mol. The Balaban J connectivity index is 1.87. The van der Waals surface area contributed by atoms with Gasteiger partial charge in [-0.3, -0.25) is 4.79 Å². The number of thiophene rings is 2. The van der Waals surface area contributed by atoms with Crippen molar-refractivity contribution in [2.75, 3.05) is 6.54 Å². The second-order valence-electron chi connectivity index (χ2n) is 5.19. The van der Waals surface area contributed by atoms with E-state index in [9.17, 15) is 17.6 Å². The molecule has 1 amide bonds. The molecule has 0 aliphatic rings. The summed E-state index contributed by atoms with van der Waals surface area (Å²) in [6.45, 7) is -0.0586. The molecule has 130 valence electrons. The molecule has 25 heavy (non-hydrogen) atoms. The van der Waals surface area contributed by atoms with Gasteiger partial charge in [-0.2, -0.15) is 0 Å². The van der Waals surface area contributed by atoms with E-state index in [1.807, 2.05) is 0 Å². The van der Waals surface area contributed by atoms with Crippen molar-refractivity contribution in [3.63, 3.8) is 0 Å². The average molecular weight is 396 g/mol. The van der Waals surface area contributed by atoms with Crippen molar-refractivity contribution in [1.82, 2.24) is 5.32 Å². The first-order chi connectivity index (χ1) is 12.0. The van der Waals surface area contributed by atoms with E-state index in [2.05, 4.69) is 5.32 Å². The van der Waals surface area contributed by atoms with E-state index in [0.717, 1.165) is 12.1 Å². The summed E-state index contributed by atoms with van der Waals surface area (Å²) in [6.07, 6.45) is 0. The van der Waals surface area contributed by atoms with Crippen LogP contribution in [0.1, 0.15) is 19.8 Å². The van der Waals surface area contributed by atoms with E-state index >= 15 is 0 Å². The molecule has 1 N–H and O–H groups in total. The summed E-state index contributed by atoms with van der Waals surface area (Å²) in [5.41, 5.74) is 0. The maximum atomic E-state index is 13.1. The van der Waals surface area contributed by atoms with Crippen molar-refractivity contribution in [2.45, 2.75) is 10.1 Å². The SMILES string of the molecule is O=C(NC[C@@H](c1cccs1)S(=O)(=O)c1ccc(F)cc1)c1cccs1. The molecule has 0 fully saturated rings. The Bertz CT molecular complexity index is 934. The van der Waals surface area contributed by atoms with Crippen molar-refractivity contribution in [3.05, 3.63) is 74.9 Å². The van der Waals surface area contributed by atoms with Crippen LogP contribution in [0, 0.1) is 5.82 Å². The fourth-order valence-electron chi connectivity index (χ4n) is 2.31. The summed E-state index contributed by atoms with van der Waals surface area (Å²) < 4.78 is 39.1. The molecule has 4 nitrogen and oxygen atoms in total. The van der Waals surface area contributed by atoms with Crippen LogP contribution in [-0.4, -0.2) is 20.9 Å². The minimum absolute atomic E-state index is 0.0256. The standard InChI is InChI=1S/C17H14FNO3S3/c18-12-5-7-13(8-6-12)25(21,22)16(14-3-1-9-23-14)11-19-17(20)15-4-2-10-24-15/h1-10,16H,11H2,(H,19,20)/t16-/m0/s1. The number of carbonyl (C=O) groups is 1. The number of hydrogen-bond donors (Lipinski definition) is 1. The lowest BCUT2D eigenvalue weighted by molar-refractivity contribution is 0.0958. The highest BCUT2D eigenvalue weighted by atomic mass is 32.2. The molecule has 8 heteroatoms. The number of sulfone groups is 1. The molecule has 0 unspecified atom stereocenters. The maximum Gasteiger partial charge on any atom is 0.261 e. The summed E-state index contributed by atoms with van der Waals surface area (Å²) in [5.74, 6) is -0.816. The largest absolute Gasteiger partial charge is 0.350 e. The number of hydrogen-bond acceptors (Lipinski definition) is 5. The highest BCUT2D eigenvalue weighted by Crippen LogP contribution is 2.31. The van der Waals surface area contributed by atoms with Gasteiger partial charge in [0.05, 0.1) is 9.77 Å². The van der Waals surface area contributed by atoms with Crippen LogP contribution in [-0.2, 0) is 9.84 Å². The molecule has 0 radical (unpaired) electrons. The maximum absolute atomic E-state index is 13.1. The summed E-state index contributed by atoms with van der Waals surface area (Å²) in [7, 11) is -3.77. The van der Waals surface area contributed by atoms with E-state index in [1.165, 1.54) is 34.8 Å². The van der Waals surface area contributed by atoms with Crippen molar-refractivity contribution >= 4 is 38.4 Å². The van der Waals surface area contributed by atoms with E-state index < -0.39 is 20.9 Å². The summed E-state index contributed by atoms with van der Waals surface area (Å²) >= 11 is 2.59. The predicted octanol–water partition coefficient (Wildman–Crippen LogP) is 3.89. The average Bonchev–Trinajstić information content (AvgIpc) is 3.29. The van der Waals surface area contributed by atoms with Gasteiger partial charge in [0.25, 0.3) is 5.91 Å². The number of benzene rings is 1. The molecule has 0 aliphatic carbocycles. The first kappa shape index (κ1) is 17.8. The van der Waals surface area contributed by atoms with Crippen LogP contribution < -0.4 is 5.32 Å². The van der Waals surface area contributed by atoms with E-state index in [1.54, 1.807) is 35.0 Å². The zero-order chi connectivity index (χ0) is 17.9. The Kier molecular flexibility index (Phi) is 5.31. The van der Waals surface area contributed by atoms with E-state index in [0.29, 0.717) is 9.75 Å². The number of carbonyl (C=O) groups excluding carboxylic acids is 1. The highest BCUT2D eigenvalue weighted by Gasteiger charge is 2.30. The number of rotatable bonds is 6. The van der Waals surface area contributed by atoms with Gasteiger partial charge in [-0.15, -0.1) is 22.7 Å². The van der Waals surface area contributed by atoms with E-state index in [4.69, 9.17) is 0 Å². The summed E-state index contributed by atoms with van der Waals surface area (Å²) in [5, 5.41) is 5.32. The minimum atomic E-state index is -3.77. The molecule has 0 spiro atoms. The Morgan fingerprint density at radius 3 is 2.32 bits per heavy atom. The van der Waals surface area contributed by atoms with Gasteiger partial charge in [0.15, 0.2) is 9.84 Å². The lowest BCUT2D eigenvalue weighted by atomic mass is 10.3. The molecule has 0 saturated carbocycles. The van der Waals surface area contributed by atoms with Gasteiger partial charge < -0.3 is 5.32 Å². The third kappa shape index (κ3) is 3.97. The Morgan fingerprint density at radius 1 is 1.04 bits per heavy atom. The fourth-order valence-corrected chi connectivity index (χ4v) is 5.73. The van der Waals surface area contributed by atoms with Crippen molar-refractivity contribution in [1.29, 1.82) is 0 Å². The third-order valence-electron chi connectivity index (χ3n) is 3.57. The van der Waals surface area contributed by atoms with Crippen molar-refractivity contribution in [3.8, 4) is 0 Å². The van der Waals surface area contributed by atoms with Crippen LogP contribution in [0.5, 0.6) is 0 Å². The van der Waals surface area contributed by atoms with Crippen LogP contribution in [0.15, 0.2) is 64.2 Å². The van der Waals surface area contributed by atoms with Gasteiger partial charge >= 0.3 is 0 Å². The van der Waals surface area contributed by atoms with E-state index in [-0.39, 0.29) is 17.3 Å². The number of amides is 1. The summed E-state index contributed by atoms with van der Waals surface area (Å²) in [6, 6.07) is 11.6. The Hall–Kier alpha value is -2.03. The number of nitrogens with one attached hydrogen (secondary N) is 1. The Labute approximate surface area is 152 Å². The zero-order valence-corrected chi connectivity index (χ0v) is 15.3. The van der Waals surface area contributed by atoms with Crippen LogP contribution >= 0.6 is 22.7 Å². The van der Waals surface area contributed by atoms with Gasteiger partial charge in [0, 0.05) is 11.4 Å². The van der Waals surface area contributed by atoms with Crippen molar-refractivity contribution < 1.29 is 17.6 Å². The minimum Gasteiger partial charge on any atom is -0.350 e. The smallest absolute Gasteiger partial charge is 0.261 e. The second-order valence-corrected chi connectivity index (χ2v) is 9.25. The van der Waals surface area contributed by atoms with Crippen LogP contribution in [0.4, 0.5) is 4.39 Å². The molecular weight excluding hydrogens is 381 g/mol. The molecule has 2 aromatic heterocycles. The molecule has 1 aromatic carbocycles. The van der Waals surface area contributed by atoms with Gasteiger partial charge in [-0.1, -0.05) is 12.1 Å². The molecule has 0 aliphatic heterocycles. The Morgan fingerprint density at radius 2 is 1.72 bits per heavy atom. The molecule has 3 aromatic rings. The quantitative estimate of drug-likeness (QED) is 0.644. The lowest BCUT2D eigenvalue weighted by Gasteiger charge is -2.17. The first-order valence-electron chi connectivity index (χ1n) is 7.33. The molecule has 0 saturated heterocycles. The lowest BCUT2D eigenvalue weighted by Crippen LogP contribution is -2.31.